The van der Waals surface area contributed by atoms with E-state index in [2.05, 4.69) is 30.6 Å². The average molecular weight is 300 g/mol. The molecule has 0 unspecified atom stereocenters. The zero-order valence-corrected chi connectivity index (χ0v) is 13.1. The van der Waals surface area contributed by atoms with E-state index in [1.54, 1.807) is 0 Å². The maximum absolute atomic E-state index is 12.2. The van der Waals surface area contributed by atoms with Crippen LogP contribution in [0.1, 0.15) is 27.4 Å². The van der Waals surface area contributed by atoms with E-state index >= 15 is 0 Å². The summed E-state index contributed by atoms with van der Waals surface area (Å²) in [6.45, 7) is 8.06. The van der Waals surface area contributed by atoms with Crippen LogP contribution in [0.25, 0.3) is 0 Å². The number of aryl methyl sites for hydroxylation is 3. The Hall–Kier alpha value is -2.44. The van der Waals surface area contributed by atoms with Crippen LogP contribution in [-0.2, 0) is 0 Å². The fourth-order valence-corrected chi connectivity index (χ4v) is 2.66. The number of aromatic amines is 1. The number of aromatic nitrogens is 4. The highest BCUT2D eigenvalue weighted by Crippen LogP contribution is 2.21. The van der Waals surface area contributed by atoms with Gasteiger partial charge in [-0.3, -0.25) is 9.89 Å². The number of amides is 1. The van der Waals surface area contributed by atoms with Crippen molar-refractivity contribution in [1.82, 2.24) is 25.7 Å². The van der Waals surface area contributed by atoms with Crippen molar-refractivity contribution >= 4 is 11.7 Å². The summed E-state index contributed by atoms with van der Waals surface area (Å²) >= 11 is 0. The van der Waals surface area contributed by atoms with Crippen LogP contribution < -0.4 is 10.2 Å². The SMILES string of the molecule is Cc1ccc(N2CC(CNC(=O)c3c(C)n[nH]c3C)C2)nn1. The molecule has 7 nitrogen and oxygen atoms in total. The van der Waals surface area contributed by atoms with Gasteiger partial charge in [0, 0.05) is 31.2 Å². The van der Waals surface area contributed by atoms with E-state index in [1.807, 2.05) is 32.9 Å². The molecule has 1 saturated heterocycles. The number of carbonyl (C=O) groups is 1. The third kappa shape index (κ3) is 2.79. The Kier molecular flexibility index (Phi) is 3.79. The first kappa shape index (κ1) is 14.5. The van der Waals surface area contributed by atoms with Gasteiger partial charge in [0.15, 0.2) is 5.82 Å². The number of hydrogen-bond donors (Lipinski definition) is 2. The van der Waals surface area contributed by atoms with Gasteiger partial charge in [-0.05, 0) is 32.9 Å². The quantitative estimate of drug-likeness (QED) is 0.879. The van der Waals surface area contributed by atoms with Crippen LogP contribution in [0.4, 0.5) is 5.82 Å². The minimum Gasteiger partial charge on any atom is -0.354 e. The van der Waals surface area contributed by atoms with Crippen molar-refractivity contribution in [3.8, 4) is 0 Å². The molecule has 116 valence electrons. The van der Waals surface area contributed by atoms with Gasteiger partial charge in [0.2, 0.25) is 0 Å². The molecule has 3 rings (SSSR count). The van der Waals surface area contributed by atoms with Crippen LogP contribution in [-0.4, -0.2) is 45.9 Å². The molecule has 1 amide bonds. The Bertz CT molecular complexity index is 652. The molecule has 1 fully saturated rings. The standard InChI is InChI=1S/C15H20N6O/c1-9-4-5-13(20-17-9)21-7-12(8-21)6-16-15(22)14-10(2)18-19-11(14)3/h4-5,12H,6-8H2,1-3H3,(H,16,22)(H,18,19). The Morgan fingerprint density at radius 3 is 2.68 bits per heavy atom. The molecular formula is C15H20N6O. The molecule has 0 bridgehead atoms. The second-order valence-electron chi connectivity index (χ2n) is 5.82. The van der Waals surface area contributed by atoms with Crippen LogP contribution in [0.2, 0.25) is 0 Å². The molecule has 0 aromatic carbocycles. The fraction of sp³-hybridized carbons (Fsp3) is 0.467. The number of rotatable bonds is 4. The number of nitrogens with zero attached hydrogens (tertiary/aromatic N) is 4. The summed E-state index contributed by atoms with van der Waals surface area (Å²) in [5.41, 5.74) is 3.11. The molecule has 0 aliphatic carbocycles. The molecule has 2 N–H and O–H groups in total. The highest BCUT2D eigenvalue weighted by Gasteiger charge is 2.28. The highest BCUT2D eigenvalue weighted by molar-refractivity contribution is 5.96. The molecule has 7 heteroatoms. The summed E-state index contributed by atoms with van der Waals surface area (Å²) in [6, 6.07) is 3.94. The molecule has 3 heterocycles. The summed E-state index contributed by atoms with van der Waals surface area (Å²) in [5.74, 6) is 1.28. The minimum absolute atomic E-state index is 0.0580. The molecule has 1 aliphatic heterocycles. The fourth-order valence-electron chi connectivity index (χ4n) is 2.66. The average Bonchev–Trinajstić information content (AvgIpc) is 2.78. The normalized spacial score (nSPS) is 14.8. The van der Waals surface area contributed by atoms with E-state index in [1.165, 1.54) is 0 Å². The summed E-state index contributed by atoms with van der Waals surface area (Å²) in [7, 11) is 0. The summed E-state index contributed by atoms with van der Waals surface area (Å²) < 4.78 is 0. The Balaban J connectivity index is 1.49. The van der Waals surface area contributed by atoms with Gasteiger partial charge in [-0.1, -0.05) is 0 Å². The van der Waals surface area contributed by atoms with Crippen LogP contribution in [0, 0.1) is 26.7 Å². The van der Waals surface area contributed by atoms with Gasteiger partial charge in [0.05, 0.1) is 17.0 Å². The molecule has 2 aromatic rings. The van der Waals surface area contributed by atoms with Crippen molar-refractivity contribution in [2.45, 2.75) is 20.8 Å². The number of carbonyl (C=O) groups excluding carboxylic acids is 1. The van der Waals surface area contributed by atoms with E-state index in [-0.39, 0.29) is 5.91 Å². The Morgan fingerprint density at radius 2 is 2.09 bits per heavy atom. The van der Waals surface area contributed by atoms with Gasteiger partial charge in [0.25, 0.3) is 5.91 Å². The van der Waals surface area contributed by atoms with Gasteiger partial charge in [-0.25, -0.2) is 0 Å². The second-order valence-corrected chi connectivity index (χ2v) is 5.82. The van der Waals surface area contributed by atoms with Gasteiger partial charge in [-0.15, -0.1) is 5.10 Å². The molecule has 0 radical (unpaired) electrons. The molecular weight excluding hydrogens is 280 g/mol. The van der Waals surface area contributed by atoms with E-state index in [0.29, 0.717) is 18.0 Å². The zero-order chi connectivity index (χ0) is 15.7. The summed E-state index contributed by atoms with van der Waals surface area (Å²) in [4.78, 5) is 14.3. The largest absolute Gasteiger partial charge is 0.354 e. The highest BCUT2D eigenvalue weighted by atomic mass is 16.1. The lowest BCUT2D eigenvalue weighted by Gasteiger charge is -2.39. The first-order valence-electron chi connectivity index (χ1n) is 7.39. The topological polar surface area (TPSA) is 86.8 Å². The summed E-state index contributed by atoms with van der Waals surface area (Å²) in [5, 5.41) is 18.1. The van der Waals surface area contributed by atoms with Gasteiger partial charge >= 0.3 is 0 Å². The van der Waals surface area contributed by atoms with Crippen LogP contribution in [0.5, 0.6) is 0 Å². The molecule has 1 aliphatic rings. The van der Waals surface area contributed by atoms with E-state index in [0.717, 1.165) is 36.0 Å². The third-order valence-electron chi connectivity index (χ3n) is 3.97. The smallest absolute Gasteiger partial charge is 0.255 e. The Labute approximate surface area is 129 Å². The van der Waals surface area contributed by atoms with Gasteiger partial charge in [-0.2, -0.15) is 10.2 Å². The summed E-state index contributed by atoms with van der Waals surface area (Å²) in [6.07, 6.45) is 0. The molecule has 2 aromatic heterocycles. The molecule has 0 spiro atoms. The molecule has 0 atom stereocenters. The number of nitrogens with one attached hydrogen (secondary N) is 2. The van der Waals surface area contributed by atoms with Crippen LogP contribution in [0.3, 0.4) is 0 Å². The van der Waals surface area contributed by atoms with Crippen molar-refractivity contribution in [2.75, 3.05) is 24.5 Å². The monoisotopic (exact) mass is 300 g/mol. The van der Waals surface area contributed by atoms with Crippen molar-refractivity contribution in [2.24, 2.45) is 5.92 Å². The number of H-pyrrole nitrogens is 1. The van der Waals surface area contributed by atoms with E-state index < -0.39 is 0 Å². The minimum atomic E-state index is -0.0580. The predicted molar refractivity (Wildman–Crippen MR) is 82.9 cm³/mol. The first-order chi connectivity index (χ1) is 10.5. The van der Waals surface area contributed by atoms with Crippen molar-refractivity contribution in [1.29, 1.82) is 0 Å². The maximum atomic E-state index is 12.2. The predicted octanol–water partition coefficient (Wildman–Crippen LogP) is 0.991. The van der Waals surface area contributed by atoms with Crippen molar-refractivity contribution < 1.29 is 4.79 Å². The molecule has 22 heavy (non-hydrogen) atoms. The number of anilines is 1. The number of hydrogen-bond acceptors (Lipinski definition) is 5. The van der Waals surface area contributed by atoms with Crippen LogP contribution in [0.15, 0.2) is 12.1 Å². The van der Waals surface area contributed by atoms with Crippen molar-refractivity contribution in [3.05, 3.63) is 34.8 Å². The first-order valence-corrected chi connectivity index (χ1v) is 7.39. The van der Waals surface area contributed by atoms with Gasteiger partial charge in [0.1, 0.15) is 0 Å². The van der Waals surface area contributed by atoms with E-state index in [9.17, 15) is 4.79 Å². The van der Waals surface area contributed by atoms with Gasteiger partial charge < -0.3 is 10.2 Å². The van der Waals surface area contributed by atoms with Crippen LogP contribution >= 0.6 is 0 Å². The van der Waals surface area contributed by atoms with E-state index in [4.69, 9.17) is 0 Å². The lowest BCUT2D eigenvalue weighted by Crippen LogP contribution is -2.52. The maximum Gasteiger partial charge on any atom is 0.255 e. The van der Waals surface area contributed by atoms with Crippen molar-refractivity contribution in [3.63, 3.8) is 0 Å². The lowest BCUT2D eigenvalue weighted by molar-refractivity contribution is 0.0943. The Morgan fingerprint density at radius 1 is 1.32 bits per heavy atom. The lowest BCUT2D eigenvalue weighted by atomic mass is 10.00. The zero-order valence-electron chi connectivity index (χ0n) is 13.1. The second kappa shape index (κ2) is 5.75. The third-order valence-corrected chi connectivity index (χ3v) is 3.97. The molecule has 0 saturated carbocycles.